The van der Waals surface area contributed by atoms with Gasteiger partial charge in [0.05, 0.1) is 0 Å². The lowest BCUT2D eigenvalue weighted by molar-refractivity contribution is 0.574. The van der Waals surface area contributed by atoms with Crippen molar-refractivity contribution in [1.82, 2.24) is 4.72 Å². The Morgan fingerprint density at radius 1 is 1.37 bits per heavy atom. The molecule has 0 spiro atoms. The van der Waals surface area contributed by atoms with Crippen LogP contribution in [-0.4, -0.2) is 21.0 Å². The molecule has 1 aromatic rings. The van der Waals surface area contributed by atoms with E-state index in [1.807, 2.05) is 13.0 Å². The fraction of sp³-hybridized carbons (Fsp3) is 0.667. The standard InChI is InChI=1S/C12H22N2O2S2.ClH/c1-9(13)7-8-14-18(15,16)11-6-5-10(17-11)12(2,3)4;/h5-6,9,14H,7-8,13H2,1-4H3;1H. The zero-order valence-electron chi connectivity index (χ0n) is 11.8. The summed E-state index contributed by atoms with van der Waals surface area (Å²) in [5.41, 5.74) is 5.57. The molecule has 4 nitrogen and oxygen atoms in total. The zero-order valence-corrected chi connectivity index (χ0v) is 14.2. The van der Waals surface area contributed by atoms with Gasteiger partial charge in [-0.2, -0.15) is 0 Å². The second-order valence-corrected chi connectivity index (χ2v) is 8.61. The van der Waals surface area contributed by atoms with Crippen molar-refractivity contribution >= 4 is 33.8 Å². The summed E-state index contributed by atoms with van der Waals surface area (Å²) in [4.78, 5) is 1.06. The van der Waals surface area contributed by atoms with Crippen molar-refractivity contribution in [2.24, 2.45) is 5.73 Å². The summed E-state index contributed by atoms with van der Waals surface area (Å²) < 4.78 is 27.0. The zero-order chi connectivity index (χ0) is 14.0. The van der Waals surface area contributed by atoms with Gasteiger partial charge in [0.2, 0.25) is 10.0 Å². The first-order valence-corrected chi connectivity index (χ1v) is 8.28. The van der Waals surface area contributed by atoms with E-state index in [1.54, 1.807) is 6.07 Å². The van der Waals surface area contributed by atoms with E-state index >= 15 is 0 Å². The van der Waals surface area contributed by atoms with E-state index in [-0.39, 0.29) is 23.9 Å². The van der Waals surface area contributed by atoms with Crippen molar-refractivity contribution in [3.63, 3.8) is 0 Å². The molecule has 112 valence electrons. The van der Waals surface area contributed by atoms with Crippen molar-refractivity contribution in [3.05, 3.63) is 17.0 Å². The lowest BCUT2D eigenvalue weighted by atomic mass is 9.95. The maximum absolute atomic E-state index is 12.0. The molecule has 1 unspecified atom stereocenters. The van der Waals surface area contributed by atoms with Crippen LogP contribution in [0.2, 0.25) is 0 Å². The number of halogens is 1. The third kappa shape index (κ3) is 5.79. The highest BCUT2D eigenvalue weighted by Crippen LogP contribution is 2.31. The molecule has 0 aliphatic rings. The molecule has 7 heteroatoms. The Morgan fingerprint density at radius 3 is 2.37 bits per heavy atom. The Labute approximate surface area is 126 Å². The molecular formula is C12H23ClN2O2S2. The van der Waals surface area contributed by atoms with Gasteiger partial charge in [-0.1, -0.05) is 20.8 Å². The summed E-state index contributed by atoms with van der Waals surface area (Å²) in [6.07, 6.45) is 0.636. The number of hydrogen-bond donors (Lipinski definition) is 2. The Bertz CT molecular complexity index is 490. The third-order valence-corrected chi connectivity index (χ3v) is 5.94. The van der Waals surface area contributed by atoms with Crippen molar-refractivity contribution in [3.8, 4) is 0 Å². The van der Waals surface area contributed by atoms with E-state index in [4.69, 9.17) is 5.73 Å². The largest absolute Gasteiger partial charge is 0.328 e. The molecule has 0 aliphatic heterocycles. The minimum atomic E-state index is -3.38. The molecular weight excluding hydrogens is 304 g/mol. The van der Waals surface area contributed by atoms with Gasteiger partial charge in [0.1, 0.15) is 4.21 Å². The van der Waals surface area contributed by atoms with Gasteiger partial charge >= 0.3 is 0 Å². The Morgan fingerprint density at radius 2 is 1.95 bits per heavy atom. The number of nitrogens with two attached hydrogens (primary N) is 1. The first kappa shape index (κ1) is 18.9. The summed E-state index contributed by atoms with van der Waals surface area (Å²) in [6.45, 7) is 8.44. The Balaban J connectivity index is 0.00000324. The second kappa shape index (κ2) is 7.04. The monoisotopic (exact) mass is 326 g/mol. The van der Waals surface area contributed by atoms with Gasteiger partial charge in [0, 0.05) is 17.5 Å². The van der Waals surface area contributed by atoms with Gasteiger partial charge in [-0.3, -0.25) is 0 Å². The van der Waals surface area contributed by atoms with Crippen LogP contribution in [0.25, 0.3) is 0 Å². The van der Waals surface area contributed by atoms with Crippen LogP contribution >= 0.6 is 23.7 Å². The molecule has 0 aliphatic carbocycles. The van der Waals surface area contributed by atoms with E-state index in [1.165, 1.54) is 11.3 Å². The van der Waals surface area contributed by atoms with E-state index < -0.39 is 10.0 Å². The summed E-state index contributed by atoms with van der Waals surface area (Å²) in [7, 11) is -3.38. The molecule has 0 saturated carbocycles. The summed E-state index contributed by atoms with van der Waals surface area (Å²) in [6, 6.07) is 3.55. The third-order valence-electron chi connectivity index (χ3n) is 2.48. The molecule has 0 saturated heterocycles. The molecule has 0 amide bonds. The quantitative estimate of drug-likeness (QED) is 0.873. The summed E-state index contributed by atoms with van der Waals surface area (Å²) in [5, 5.41) is 0. The number of rotatable bonds is 5. The molecule has 0 fully saturated rings. The van der Waals surface area contributed by atoms with Crippen molar-refractivity contribution in [2.75, 3.05) is 6.54 Å². The highest BCUT2D eigenvalue weighted by Gasteiger charge is 2.21. The smallest absolute Gasteiger partial charge is 0.250 e. The molecule has 1 aromatic heterocycles. The summed E-state index contributed by atoms with van der Waals surface area (Å²) >= 11 is 1.32. The van der Waals surface area contributed by atoms with Gasteiger partial charge in [-0.15, -0.1) is 23.7 Å². The van der Waals surface area contributed by atoms with E-state index in [0.29, 0.717) is 17.2 Å². The van der Waals surface area contributed by atoms with Crippen LogP contribution in [0.5, 0.6) is 0 Å². The first-order valence-electron chi connectivity index (χ1n) is 5.98. The molecule has 0 aromatic carbocycles. The molecule has 0 bridgehead atoms. The predicted molar refractivity (Wildman–Crippen MR) is 83.7 cm³/mol. The van der Waals surface area contributed by atoms with Gasteiger partial charge in [-0.25, -0.2) is 13.1 Å². The molecule has 1 rings (SSSR count). The number of sulfonamides is 1. The number of hydrogen-bond acceptors (Lipinski definition) is 4. The van der Waals surface area contributed by atoms with Crippen LogP contribution in [0, 0.1) is 0 Å². The highest BCUT2D eigenvalue weighted by molar-refractivity contribution is 7.91. The highest BCUT2D eigenvalue weighted by atomic mass is 35.5. The van der Waals surface area contributed by atoms with E-state index in [0.717, 1.165) is 4.88 Å². The topological polar surface area (TPSA) is 72.2 Å². The molecule has 19 heavy (non-hydrogen) atoms. The summed E-state index contributed by atoms with van der Waals surface area (Å²) in [5.74, 6) is 0. The van der Waals surface area contributed by atoms with Gasteiger partial charge in [-0.05, 0) is 30.9 Å². The van der Waals surface area contributed by atoms with Crippen molar-refractivity contribution in [2.45, 2.75) is 49.8 Å². The average molecular weight is 327 g/mol. The van der Waals surface area contributed by atoms with Gasteiger partial charge in [0.15, 0.2) is 0 Å². The average Bonchev–Trinajstić information content (AvgIpc) is 2.64. The van der Waals surface area contributed by atoms with E-state index in [2.05, 4.69) is 25.5 Å². The molecule has 1 heterocycles. The van der Waals surface area contributed by atoms with Gasteiger partial charge in [0.25, 0.3) is 0 Å². The fourth-order valence-corrected chi connectivity index (χ4v) is 3.82. The second-order valence-electron chi connectivity index (χ2n) is 5.53. The minimum Gasteiger partial charge on any atom is -0.328 e. The fourth-order valence-electron chi connectivity index (χ4n) is 1.36. The van der Waals surface area contributed by atoms with Crippen LogP contribution in [-0.2, 0) is 15.4 Å². The minimum absolute atomic E-state index is 0. The Kier molecular flexibility index (Phi) is 6.99. The normalized spacial score (nSPS) is 13.9. The molecule has 3 N–H and O–H groups in total. The number of nitrogens with one attached hydrogen (secondary N) is 1. The molecule has 0 radical (unpaired) electrons. The van der Waals surface area contributed by atoms with Crippen LogP contribution < -0.4 is 10.5 Å². The SMILES string of the molecule is CC(N)CCNS(=O)(=O)c1ccc(C(C)(C)C)s1.Cl. The van der Waals surface area contributed by atoms with Crippen molar-refractivity contribution < 1.29 is 8.42 Å². The first-order chi connectivity index (χ1) is 8.13. The van der Waals surface area contributed by atoms with Crippen LogP contribution in [0.1, 0.15) is 39.0 Å². The lowest BCUT2D eigenvalue weighted by Gasteiger charge is -2.15. The lowest BCUT2D eigenvalue weighted by Crippen LogP contribution is -2.28. The Hall–Kier alpha value is -0.140. The number of thiophene rings is 1. The van der Waals surface area contributed by atoms with Crippen LogP contribution in [0.3, 0.4) is 0 Å². The van der Waals surface area contributed by atoms with Crippen molar-refractivity contribution in [1.29, 1.82) is 0 Å². The predicted octanol–water partition coefficient (Wildman–Crippen LogP) is 2.48. The van der Waals surface area contributed by atoms with Gasteiger partial charge < -0.3 is 5.73 Å². The maximum Gasteiger partial charge on any atom is 0.250 e. The van der Waals surface area contributed by atoms with E-state index in [9.17, 15) is 8.42 Å². The molecule has 1 atom stereocenters. The van der Waals surface area contributed by atoms with Crippen LogP contribution in [0.15, 0.2) is 16.3 Å². The maximum atomic E-state index is 12.0. The van der Waals surface area contributed by atoms with Crippen LogP contribution in [0.4, 0.5) is 0 Å².